The SMILES string of the molecule is CCOc1ccccc1N(CC(=O)NCCCOC1CCCC1)S(=O)(=O)c1ccccc1. The van der Waals surface area contributed by atoms with Gasteiger partial charge in [-0.15, -0.1) is 0 Å². The zero-order chi connectivity index (χ0) is 22.8. The molecule has 1 fully saturated rings. The Kier molecular flexibility index (Phi) is 8.93. The lowest BCUT2D eigenvalue weighted by Crippen LogP contribution is -2.41. The van der Waals surface area contributed by atoms with Crippen LogP contribution in [0.25, 0.3) is 0 Å². The summed E-state index contributed by atoms with van der Waals surface area (Å²) in [6.07, 6.45) is 5.68. The summed E-state index contributed by atoms with van der Waals surface area (Å²) < 4.78 is 39.4. The number of benzene rings is 2. The molecule has 0 aromatic heterocycles. The van der Waals surface area contributed by atoms with Gasteiger partial charge >= 0.3 is 0 Å². The van der Waals surface area contributed by atoms with Crippen LogP contribution in [0.5, 0.6) is 5.75 Å². The largest absolute Gasteiger partial charge is 0.492 e. The Morgan fingerprint density at radius 3 is 2.47 bits per heavy atom. The van der Waals surface area contributed by atoms with Gasteiger partial charge in [0.05, 0.1) is 23.3 Å². The minimum Gasteiger partial charge on any atom is -0.492 e. The number of sulfonamides is 1. The third-order valence-electron chi connectivity index (χ3n) is 5.35. The topological polar surface area (TPSA) is 84.9 Å². The van der Waals surface area contributed by atoms with Crippen LogP contribution in [0.4, 0.5) is 5.69 Å². The van der Waals surface area contributed by atoms with Gasteiger partial charge in [0.25, 0.3) is 10.0 Å². The molecule has 2 aromatic rings. The minimum atomic E-state index is -3.97. The van der Waals surface area contributed by atoms with Crippen molar-refractivity contribution in [2.75, 3.05) is 30.6 Å². The van der Waals surface area contributed by atoms with Crippen LogP contribution in [0.3, 0.4) is 0 Å². The van der Waals surface area contributed by atoms with E-state index in [2.05, 4.69) is 5.32 Å². The third kappa shape index (κ3) is 6.46. The van der Waals surface area contributed by atoms with Gasteiger partial charge in [0.2, 0.25) is 5.91 Å². The molecule has 0 unspecified atom stereocenters. The number of nitrogens with zero attached hydrogens (tertiary/aromatic N) is 1. The van der Waals surface area contributed by atoms with Crippen molar-refractivity contribution in [3.63, 3.8) is 0 Å². The standard InChI is InChI=1S/C24H32N2O5S/c1-2-30-23-16-9-8-15-22(23)26(32(28,29)21-13-4-3-5-14-21)19-24(27)25-17-10-18-31-20-11-6-7-12-20/h3-5,8-9,13-16,20H,2,6-7,10-12,17-19H2,1H3,(H,25,27). The fourth-order valence-electron chi connectivity index (χ4n) is 3.75. The molecular weight excluding hydrogens is 428 g/mol. The zero-order valence-corrected chi connectivity index (χ0v) is 19.4. The molecule has 1 amide bonds. The fourth-order valence-corrected chi connectivity index (χ4v) is 5.20. The Morgan fingerprint density at radius 2 is 1.75 bits per heavy atom. The van der Waals surface area contributed by atoms with Crippen LogP contribution in [0.1, 0.15) is 39.0 Å². The lowest BCUT2D eigenvalue weighted by Gasteiger charge is -2.26. The second kappa shape index (κ2) is 11.9. The van der Waals surface area contributed by atoms with Crippen LogP contribution in [0, 0.1) is 0 Å². The number of anilines is 1. The van der Waals surface area contributed by atoms with Gasteiger partial charge in [0.1, 0.15) is 12.3 Å². The van der Waals surface area contributed by atoms with Crippen molar-refractivity contribution in [2.45, 2.75) is 50.0 Å². The van der Waals surface area contributed by atoms with Gasteiger partial charge in [-0.05, 0) is 50.5 Å². The van der Waals surface area contributed by atoms with Gasteiger partial charge < -0.3 is 14.8 Å². The van der Waals surface area contributed by atoms with Crippen LogP contribution in [-0.4, -0.2) is 46.7 Å². The summed E-state index contributed by atoms with van der Waals surface area (Å²) in [7, 11) is -3.97. The molecule has 0 spiro atoms. The van der Waals surface area contributed by atoms with Gasteiger partial charge in [-0.3, -0.25) is 9.10 Å². The molecule has 8 heteroatoms. The monoisotopic (exact) mass is 460 g/mol. The van der Waals surface area contributed by atoms with E-state index >= 15 is 0 Å². The van der Waals surface area contributed by atoms with Crippen molar-refractivity contribution in [3.05, 3.63) is 54.6 Å². The number of ether oxygens (including phenoxy) is 2. The van der Waals surface area contributed by atoms with Gasteiger partial charge in [-0.25, -0.2) is 8.42 Å². The lowest BCUT2D eigenvalue weighted by atomic mass is 10.3. The summed E-state index contributed by atoms with van der Waals surface area (Å²) >= 11 is 0. The van der Waals surface area contributed by atoms with Gasteiger partial charge in [0, 0.05) is 13.2 Å². The summed E-state index contributed by atoms with van der Waals surface area (Å²) in [5.41, 5.74) is 0.331. The highest BCUT2D eigenvalue weighted by atomic mass is 32.2. The number of nitrogens with one attached hydrogen (secondary N) is 1. The summed E-state index contributed by atoms with van der Waals surface area (Å²) in [5.74, 6) is 0.0314. The Hall–Kier alpha value is -2.58. The molecule has 3 rings (SSSR count). The van der Waals surface area contributed by atoms with Crippen LogP contribution >= 0.6 is 0 Å². The van der Waals surface area contributed by atoms with Gasteiger partial charge in [0.15, 0.2) is 0 Å². The third-order valence-corrected chi connectivity index (χ3v) is 7.13. The number of para-hydroxylation sites is 2. The van der Waals surface area contributed by atoms with E-state index < -0.39 is 10.0 Å². The van der Waals surface area contributed by atoms with E-state index in [0.717, 1.165) is 17.1 Å². The van der Waals surface area contributed by atoms with Crippen molar-refractivity contribution in [1.29, 1.82) is 0 Å². The van der Waals surface area contributed by atoms with E-state index in [-0.39, 0.29) is 17.3 Å². The Balaban J connectivity index is 1.69. The van der Waals surface area contributed by atoms with E-state index in [4.69, 9.17) is 9.47 Å². The maximum Gasteiger partial charge on any atom is 0.264 e. The molecule has 0 bridgehead atoms. The van der Waals surface area contributed by atoms with E-state index in [1.54, 1.807) is 42.5 Å². The number of carbonyl (C=O) groups is 1. The van der Waals surface area contributed by atoms with Crippen LogP contribution in [-0.2, 0) is 19.6 Å². The average molecular weight is 461 g/mol. The van der Waals surface area contributed by atoms with E-state index in [1.165, 1.54) is 25.0 Å². The maximum atomic E-state index is 13.4. The smallest absolute Gasteiger partial charge is 0.264 e. The Morgan fingerprint density at radius 1 is 1.06 bits per heavy atom. The molecule has 0 atom stereocenters. The first kappa shape index (κ1) is 24.1. The second-order valence-corrected chi connectivity index (χ2v) is 9.57. The Bertz CT molecular complexity index is 959. The molecule has 0 heterocycles. The molecule has 1 aliphatic rings. The van der Waals surface area contributed by atoms with Crippen LogP contribution in [0.2, 0.25) is 0 Å². The molecule has 174 valence electrons. The maximum absolute atomic E-state index is 13.4. The quantitative estimate of drug-likeness (QED) is 0.488. The molecule has 2 aromatic carbocycles. The van der Waals surface area contributed by atoms with E-state index in [0.29, 0.717) is 43.7 Å². The van der Waals surface area contributed by atoms with E-state index in [1.807, 2.05) is 6.92 Å². The van der Waals surface area contributed by atoms with Crippen molar-refractivity contribution >= 4 is 21.6 Å². The first-order valence-electron chi connectivity index (χ1n) is 11.2. The molecular formula is C24H32N2O5S. The second-order valence-electron chi connectivity index (χ2n) is 7.71. The summed E-state index contributed by atoms with van der Waals surface area (Å²) in [6.45, 7) is 2.88. The normalized spacial score (nSPS) is 14.3. The molecule has 1 aliphatic carbocycles. The highest BCUT2D eigenvalue weighted by molar-refractivity contribution is 7.92. The molecule has 0 radical (unpaired) electrons. The molecule has 0 saturated heterocycles. The number of hydrogen-bond acceptors (Lipinski definition) is 5. The summed E-state index contributed by atoms with van der Waals surface area (Å²) in [6, 6.07) is 14.9. The minimum absolute atomic E-state index is 0.115. The lowest BCUT2D eigenvalue weighted by molar-refractivity contribution is -0.119. The first-order chi connectivity index (χ1) is 15.5. The van der Waals surface area contributed by atoms with Crippen molar-refractivity contribution in [1.82, 2.24) is 5.32 Å². The molecule has 1 N–H and O–H groups in total. The average Bonchev–Trinajstić information content (AvgIpc) is 3.32. The van der Waals surface area contributed by atoms with E-state index in [9.17, 15) is 13.2 Å². The van der Waals surface area contributed by atoms with Crippen LogP contribution < -0.4 is 14.4 Å². The zero-order valence-electron chi connectivity index (χ0n) is 18.5. The number of hydrogen-bond donors (Lipinski definition) is 1. The van der Waals surface area contributed by atoms with Crippen molar-refractivity contribution < 1.29 is 22.7 Å². The predicted octanol–water partition coefficient (Wildman–Crippen LogP) is 3.75. The first-order valence-corrected chi connectivity index (χ1v) is 12.6. The van der Waals surface area contributed by atoms with Crippen molar-refractivity contribution in [3.8, 4) is 5.75 Å². The predicted molar refractivity (Wildman–Crippen MR) is 124 cm³/mol. The number of carbonyl (C=O) groups excluding carboxylic acids is 1. The van der Waals surface area contributed by atoms with Gasteiger partial charge in [-0.1, -0.05) is 43.2 Å². The molecule has 32 heavy (non-hydrogen) atoms. The molecule has 7 nitrogen and oxygen atoms in total. The number of amides is 1. The highest BCUT2D eigenvalue weighted by Gasteiger charge is 2.29. The summed E-state index contributed by atoms with van der Waals surface area (Å²) in [5, 5.41) is 2.82. The number of rotatable bonds is 12. The fraction of sp³-hybridized carbons (Fsp3) is 0.458. The molecule has 1 saturated carbocycles. The summed E-state index contributed by atoms with van der Waals surface area (Å²) in [4.78, 5) is 12.8. The Labute approximate surface area is 190 Å². The van der Waals surface area contributed by atoms with Crippen molar-refractivity contribution in [2.24, 2.45) is 0 Å². The molecule has 0 aliphatic heterocycles. The highest BCUT2D eigenvalue weighted by Crippen LogP contribution is 2.32. The van der Waals surface area contributed by atoms with Crippen LogP contribution in [0.15, 0.2) is 59.5 Å². The van der Waals surface area contributed by atoms with Gasteiger partial charge in [-0.2, -0.15) is 0 Å².